The second-order valence-corrected chi connectivity index (χ2v) is 8.10. The molecule has 0 unspecified atom stereocenters. The van der Waals surface area contributed by atoms with E-state index in [-0.39, 0.29) is 16.8 Å². The molecule has 7 heteroatoms. The molecule has 0 radical (unpaired) electrons. The van der Waals surface area contributed by atoms with Crippen LogP contribution in [0.1, 0.15) is 16.8 Å². The lowest BCUT2D eigenvalue weighted by Crippen LogP contribution is -2.32. The van der Waals surface area contributed by atoms with Crippen LogP contribution in [0, 0.1) is 0 Å². The predicted octanol–water partition coefficient (Wildman–Crippen LogP) is 1.68. The van der Waals surface area contributed by atoms with E-state index >= 15 is 0 Å². The number of likely N-dealkylation sites (tertiary alicyclic amines) is 1. The van der Waals surface area contributed by atoms with Crippen LogP contribution in [0.2, 0.25) is 0 Å². The van der Waals surface area contributed by atoms with Gasteiger partial charge >= 0.3 is 0 Å². The first-order chi connectivity index (χ1) is 11.9. The van der Waals surface area contributed by atoms with Crippen LogP contribution in [0.4, 0.5) is 5.69 Å². The lowest BCUT2D eigenvalue weighted by molar-refractivity contribution is 0.0791. The van der Waals surface area contributed by atoms with Gasteiger partial charge < -0.3 is 10.6 Å². The zero-order chi connectivity index (χ0) is 18.0. The minimum atomic E-state index is -3.67. The van der Waals surface area contributed by atoms with Crippen LogP contribution in [0.15, 0.2) is 59.5 Å². The number of carbonyl (C=O) groups is 1. The van der Waals surface area contributed by atoms with Crippen molar-refractivity contribution in [3.63, 3.8) is 0 Å². The minimum absolute atomic E-state index is 0.0168. The quantitative estimate of drug-likeness (QED) is 0.900. The van der Waals surface area contributed by atoms with Crippen LogP contribution in [-0.2, 0) is 10.0 Å². The number of anilines is 1. The highest BCUT2D eigenvalue weighted by Crippen LogP contribution is 2.22. The standard InChI is InChI=1S/C18H21N3O3S/c1-20(16-5-3-2-4-6-16)25(23,24)17-9-7-14(8-10-17)18(22)21-12-11-15(19)13-21/h2-10,15H,11-13,19H2,1H3/t15-/m1/s1. The van der Waals surface area contributed by atoms with Crippen LogP contribution < -0.4 is 10.0 Å². The highest BCUT2D eigenvalue weighted by Gasteiger charge is 2.26. The Morgan fingerprint density at radius 3 is 2.32 bits per heavy atom. The molecule has 0 spiro atoms. The highest BCUT2D eigenvalue weighted by molar-refractivity contribution is 7.92. The first-order valence-corrected chi connectivity index (χ1v) is 9.52. The van der Waals surface area contributed by atoms with E-state index in [1.165, 1.54) is 23.5 Å². The van der Waals surface area contributed by atoms with Gasteiger partial charge in [0.05, 0.1) is 10.6 Å². The van der Waals surface area contributed by atoms with Crippen LogP contribution >= 0.6 is 0 Å². The number of rotatable bonds is 4. The molecule has 1 fully saturated rings. The van der Waals surface area contributed by atoms with E-state index in [2.05, 4.69) is 0 Å². The molecule has 0 aliphatic carbocycles. The van der Waals surface area contributed by atoms with Gasteiger partial charge in [-0.05, 0) is 42.8 Å². The Morgan fingerprint density at radius 1 is 1.12 bits per heavy atom. The zero-order valence-corrected chi connectivity index (χ0v) is 14.8. The molecule has 0 bridgehead atoms. The first-order valence-electron chi connectivity index (χ1n) is 8.08. The zero-order valence-electron chi connectivity index (χ0n) is 14.0. The lowest BCUT2D eigenvalue weighted by Gasteiger charge is -2.20. The van der Waals surface area contributed by atoms with Gasteiger partial charge in [0.25, 0.3) is 15.9 Å². The average molecular weight is 359 g/mol. The van der Waals surface area contributed by atoms with E-state index in [9.17, 15) is 13.2 Å². The van der Waals surface area contributed by atoms with Crippen molar-refractivity contribution in [3.8, 4) is 0 Å². The average Bonchev–Trinajstić information content (AvgIpc) is 3.07. The second kappa shape index (κ2) is 6.85. The molecular formula is C18H21N3O3S. The normalized spacial score (nSPS) is 17.5. The lowest BCUT2D eigenvalue weighted by atomic mass is 10.2. The third kappa shape index (κ3) is 3.52. The topological polar surface area (TPSA) is 83.7 Å². The van der Waals surface area contributed by atoms with Crippen molar-refractivity contribution in [3.05, 3.63) is 60.2 Å². The smallest absolute Gasteiger partial charge is 0.264 e. The van der Waals surface area contributed by atoms with Crippen molar-refractivity contribution in [1.29, 1.82) is 0 Å². The maximum absolute atomic E-state index is 12.7. The number of nitrogens with two attached hydrogens (primary N) is 1. The van der Waals surface area contributed by atoms with E-state index in [0.717, 1.165) is 6.42 Å². The molecule has 1 aliphatic heterocycles. The fourth-order valence-corrected chi connectivity index (χ4v) is 4.05. The van der Waals surface area contributed by atoms with Gasteiger partial charge in [-0.25, -0.2) is 8.42 Å². The Balaban J connectivity index is 1.81. The summed E-state index contributed by atoms with van der Waals surface area (Å²) in [5.41, 5.74) is 6.88. The highest BCUT2D eigenvalue weighted by atomic mass is 32.2. The summed E-state index contributed by atoms with van der Waals surface area (Å²) >= 11 is 0. The summed E-state index contributed by atoms with van der Waals surface area (Å²) in [7, 11) is -2.16. The van der Waals surface area contributed by atoms with Gasteiger partial charge in [0.1, 0.15) is 0 Å². The Hall–Kier alpha value is -2.38. The maximum Gasteiger partial charge on any atom is 0.264 e. The Labute approximate surface area is 147 Å². The second-order valence-electron chi connectivity index (χ2n) is 6.13. The SMILES string of the molecule is CN(c1ccccc1)S(=O)(=O)c1ccc(C(=O)N2CC[C@@H](N)C2)cc1. The van der Waals surface area contributed by atoms with E-state index in [1.54, 1.807) is 41.3 Å². The molecule has 0 aromatic heterocycles. The van der Waals surface area contributed by atoms with Gasteiger partial charge in [-0.15, -0.1) is 0 Å². The fourth-order valence-electron chi connectivity index (χ4n) is 2.86. The molecule has 1 atom stereocenters. The molecule has 1 saturated heterocycles. The van der Waals surface area contributed by atoms with Gasteiger partial charge in [-0.2, -0.15) is 0 Å². The van der Waals surface area contributed by atoms with Crippen molar-refractivity contribution in [2.24, 2.45) is 5.73 Å². The van der Waals surface area contributed by atoms with Gasteiger partial charge in [0.15, 0.2) is 0 Å². The van der Waals surface area contributed by atoms with Crippen LogP contribution in [0.3, 0.4) is 0 Å². The summed E-state index contributed by atoms with van der Waals surface area (Å²) in [5.74, 6) is -0.117. The van der Waals surface area contributed by atoms with Crippen LogP contribution in [-0.4, -0.2) is 45.4 Å². The Bertz CT molecular complexity index is 851. The molecule has 3 rings (SSSR count). The third-order valence-electron chi connectivity index (χ3n) is 4.39. The number of nitrogens with zero attached hydrogens (tertiary/aromatic N) is 2. The van der Waals surface area contributed by atoms with E-state index in [0.29, 0.717) is 24.3 Å². The summed E-state index contributed by atoms with van der Waals surface area (Å²) in [6, 6.07) is 14.9. The van der Waals surface area contributed by atoms with Crippen LogP contribution in [0.25, 0.3) is 0 Å². The number of benzene rings is 2. The van der Waals surface area contributed by atoms with Crippen molar-refractivity contribution >= 4 is 21.6 Å². The summed E-state index contributed by atoms with van der Waals surface area (Å²) in [5, 5.41) is 0. The van der Waals surface area contributed by atoms with Gasteiger partial charge in [-0.1, -0.05) is 18.2 Å². The largest absolute Gasteiger partial charge is 0.337 e. The molecule has 2 aromatic rings. The maximum atomic E-state index is 12.7. The molecular weight excluding hydrogens is 338 g/mol. The number of carbonyl (C=O) groups excluding carboxylic acids is 1. The van der Waals surface area contributed by atoms with Gasteiger partial charge in [-0.3, -0.25) is 9.10 Å². The van der Waals surface area contributed by atoms with E-state index in [1.807, 2.05) is 6.07 Å². The summed E-state index contributed by atoms with van der Waals surface area (Å²) in [4.78, 5) is 14.3. The molecule has 1 aliphatic rings. The van der Waals surface area contributed by atoms with Gasteiger partial charge in [0.2, 0.25) is 0 Å². The summed E-state index contributed by atoms with van der Waals surface area (Å²) < 4.78 is 26.7. The third-order valence-corrected chi connectivity index (χ3v) is 6.19. The molecule has 2 aromatic carbocycles. The van der Waals surface area contributed by atoms with Crippen LogP contribution in [0.5, 0.6) is 0 Å². The Morgan fingerprint density at radius 2 is 1.76 bits per heavy atom. The molecule has 0 saturated carbocycles. The van der Waals surface area contributed by atoms with Crippen molar-refractivity contribution in [2.75, 3.05) is 24.4 Å². The van der Waals surface area contributed by atoms with Crippen molar-refractivity contribution < 1.29 is 13.2 Å². The van der Waals surface area contributed by atoms with Gasteiger partial charge in [0, 0.05) is 31.7 Å². The number of hydrogen-bond donors (Lipinski definition) is 1. The van der Waals surface area contributed by atoms with Crippen molar-refractivity contribution in [1.82, 2.24) is 4.90 Å². The minimum Gasteiger partial charge on any atom is -0.337 e. The number of para-hydroxylation sites is 1. The number of hydrogen-bond acceptors (Lipinski definition) is 4. The molecule has 132 valence electrons. The Kier molecular flexibility index (Phi) is 4.78. The monoisotopic (exact) mass is 359 g/mol. The number of sulfonamides is 1. The van der Waals surface area contributed by atoms with Crippen molar-refractivity contribution in [2.45, 2.75) is 17.4 Å². The van der Waals surface area contributed by atoms with E-state index < -0.39 is 10.0 Å². The molecule has 1 amide bonds. The molecule has 6 nitrogen and oxygen atoms in total. The molecule has 1 heterocycles. The number of amides is 1. The summed E-state index contributed by atoms with van der Waals surface area (Å²) in [6.45, 7) is 1.17. The first kappa shape index (κ1) is 17.4. The fraction of sp³-hybridized carbons (Fsp3) is 0.278. The molecule has 25 heavy (non-hydrogen) atoms. The predicted molar refractivity (Wildman–Crippen MR) is 97.0 cm³/mol. The summed E-state index contributed by atoms with van der Waals surface area (Å²) in [6.07, 6.45) is 0.792. The van der Waals surface area contributed by atoms with E-state index in [4.69, 9.17) is 5.73 Å². The molecule has 2 N–H and O–H groups in total.